The van der Waals surface area contributed by atoms with E-state index in [4.69, 9.17) is 4.74 Å². The summed E-state index contributed by atoms with van der Waals surface area (Å²) < 4.78 is 5.29. The van der Waals surface area contributed by atoms with Crippen molar-refractivity contribution in [1.29, 1.82) is 0 Å². The van der Waals surface area contributed by atoms with Crippen LogP contribution in [0.25, 0.3) is 0 Å². The number of hydrogen-bond acceptors (Lipinski definition) is 6. The molecule has 0 atom stereocenters. The van der Waals surface area contributed by atoms with Crippen molar-refractivity contribution in [1.82, 2.24) is 15.1 Å². The number of aromatic nitrogens is 2. The highest BCUT2D eigenvalue weighted by molar-refractivity contribution is 5.92. The molecular formula is C20H25N5O2. The van der Waals surface area contributed by atoms with Gasteiger partial charge in [-0.15, -0.1) is 10.2 Å². The van der Waals surface area contributed by atoms with Gasteiger partial charge >= 0.3 is 0 Å². The Morgan fingerprint density at radius 3 is 2.33 bits per heavy atom. The fraction of sp³-hybridized carbons (Fsp3) is 0.450. The summed E-state index contributed by atoms with van der Waals surface area (Å²) in [6.45, 7) is 8.18. The molecule has 7 heteroatoms. The van der Waals surface area contributed by atoms with Gasteiger partial charge in [0.25, 0.3) is 5.91 Å². The van der Waals surface area contributed by atoms with Gasteiger partial charge in [0.15, 0.2) is 11.5 Å². The summed E-state index contributed by atoms with van der Waals surface area (Å²) in [6.07, 6.45) is 0. The molecule has 0 bridgehead atoms. The van der Waals surface area contributed by atoms with Gasteiger partial charge in [-0.2, -0.15) is 0 Å². The molecule has 0 unspecified atom stereocenters. The Morgan fingerprint density at radius 2 is 1.67 bits per heavy atom. The van der Waals surface area contributed by atoms with Gasteiger partial charge in [0, 0.05) is 45.0 Å². The standard InChI is InChI=1S/C20H25N5O2/c1-16-3-2-4-17(15-16)23-7-9-24(10-8-23)19-6-5-18(21-22-19)20(26)25-11-13-27-14-12-25/h2-6,15H,7-14H2,1H3. The van der Waals surface area contributed by atoms with Crippen LogP contribution in [0.1, 0.15) is 16.1 Å². The van der Waals surface area contributed by atoms with E-state index < -0.39 is 0 Å². The Kier molecular flexibility index (Phi) is 5.20. The molecule has 0 aliphatic carbocycles. The molecule has 2 fully saturated rings. The molecule has 1 aromatic carbocycles. The van der Waals surface area contributed by atoms with Crippen LogP contribution in [0, 0.1) is 6.92 Å². The number of carbonyl (C=O) groups excluding carboxylic acids is 1. The van der Waals surface area contributed by atoms with Crippen LogP contribution in [0.3, 0.4) is 0 Å². The monoisotopic (exact) mass is 367 g/mol. The minimum absolute atomic E-state index is 0.0679. The second kappa shape index (κ2) is 7.92. The molecule has 2 aliphatic rings. The predicted octanol–water partition coefficient (Wildman–Crippen LogP) is 1.58. The van der Waals surface area contributed by atoms with Gasteiger partial charge in [-0.1, -0.05) is 12.1 Å². The molecule has 2 aromatic rings. The molecule has 0 spiro atoms. The van der Waals surface area contributed by atoms with Crippen molar-refractivity contribution in [3.63, 3.8) is 0 Å². The quantitative estimate of drug-likeness (QED) is 0.821. The van der Waals surface area contributed by atoms with Gasteiger partial charge in [-0.3, -0.25) is 4.79 Å². The zero-order chi connectivity index (χ0) is 18.6. The summed E-state index contributed by atoms with van der Waals surface area (Å²) >= 11 is 0. The number of ether oxygens (including phenoxy) is 1. The van der Waals surface area contributed by atoms with E-state index >= 15 is 0 Å². The minimum atomic E-state index is -0.0679. The smallest absolute Gasteiger partial charge is 0.274 e. The number of benzene rings is 1. The van der Waals surface area contributed by atoms with Crippen molar-refractivity contribution in [2.24, 2.45) is 0 Å². The SMILES string of the molecule is Cc1cccc(N2CCN(c3ccc(C(=O)N4CCOCC4)nn3)CC2)c1. The molecule has 1 amide bonds. The molecule has 0 radical (unpaired) electrons. The molecule has 27 heavy (non-hydrogen) atoms. The number of nitrogens with zero attached hydrogens (tertiary/aromatic N) is 5. The van der Waals surface area contributed by atoms with Crippen LogP contribution in [-0.2, 0) is 4.74 Å². The molecule has 2 aliphatic heterocycles. The predicted molar refractivity (Wildman–Crippen MR) is 104 cm³/mol. The number of hydrogen-bond donors (Lipinski definition) is 0. The van der Waals surface area contributed by atoms with Gasteiger partial charge in [0.1, 0.15) is 0 Å². The zero-order valence-corrected chi connectivity index (χ0v) is 15.7. The number of amides is 1. The largest absolute Gasteiger partial charge is 0.378 e. The van der Waals surface area contributed by atoms with Crippen LogP contribution in [0.5, 0.6) is 0 Å². The molecule has 7 nitrogen and oxygen atoms in total. The van der Waals surface area contributed by atoms with Crippen LogP contribution >= 0.6 is 0 Å². The first-order valence-corrected chi connectivity index (χ1v) is 9.48. The average Bonchev–Trinajstić information content (AvgIpc) is 2.74. The second-order valence-corrected chi connectivity index (χ2v) is 6.99. The van der Waals surface area contributed by atoms with E-state index in [-0.39, 0.29) is 5.91 Å². The lowest BCUT2D eigenvalue weighted by atomic mass is 10.2. The summed E-state index contributed by atoms with van der Waals surface area (Å²) in [5.41, 5.74) is 2.95. The molecule has 4 rings (SSSR count). The first kappa shape index (κ1) is 17.7. The lowest BCUT2D eigenvalue weighted by molar-refractivity contribution is 0.0298. The topological polar surface area (TPSA) is 61.8 Å². The Labute approximate surface area is 159 Å². The number of piperazine rings is 1. The van der Waals surface area contributed by atoms with E-state index in [1.165, 1.54) is 11.3 Å². The lowest BCUT2D eigenvalue weighted by Crippen LogP contribution is -2.47. The molecular weight excluding hydrogens is 342 g/mol. The van der Waals surface area contributed by atoms with E-state index in [1.54, 1.807) is 11.0 Å². The Hall–Kier alpha value is -2.67. The van der Waals surface area contributed by atoms with Crippen molar-refractivity contribution in [3.8, 4) is 0 Å². The van der Waals surface area contributed by atoms with Crippen LogP contribution < -0.4 is 9.80 Å². The second-order valence-electron chi connectivity index (χ2n) is 6.99. The van der Waals surface area contributed by atoms with E-state index in [0.29, 0.717) is 32.0 Å². The van der Waals surface area contributed by atoms with Crippen molar-refractivity contribution in [2.45, 2.75) is 6.92 Å². The third kappa shape index (κ3) is 4.03. The summed E-state index contributed by atoms with van der Waals surface area (Å²) in [7, 11) is 0. The average molecular weight is 367 g/mol. The fourth-order valence-electron chi connectivity index (χ4n) is 3.55. The molecule has 0 saturated carbocycles. The first-order valence-electron chi connectivity index (χ1n) is 9.48. The molecule has 2 saturated heterocycles. The van der Waals surface area contributed by atoms with Gasteiger partial charge in [0.2, 0.25) is 0 Å². The summed E-state index contributed by atoms with van der Waals surface area (Å²) in [6, 6.07) is 12.3. The van der Waals surface area contributed by atoms with Crippen LogP contribution in [0.4, 0.5) is 11.5 Å². The van der Waals surface area contributed by atoms with Crippen LogP contribution in [0.2, 0.25) is 0 Å². The molecule has 3 heterocycles. The minimum Gasteiger partial charge on any atom is -0.378 e. The number of morpholine rings is 1. The Morgan fingerprint density at radius 1 is 0.926 bits per heavy atom. The number of rotatable bonds is 3. The van der Waals surface area contributed by atoms with Crippen molar-refractivity contribution in [2.75, 3.05) is 62.3 Å². The lowest BCUT2D eigenvalue weighted by Gasteiger charge is -2.36. The van der Waals surface area contributed by atoms with Gasteiger partial charge in [-0.05, 0) is 36.8 Å². The van der Waals surface area contributed by atoms with Crippen molar-refractivity contribution >= 4 is 17.4 Å². The van der Waals surface area contributed by atoms with E-state index in [1.807, 2.05) is 6.07 Å². The van der Waals surface area contributed by atoms with Crippen LogP contribution in [0.15, 0.2) is 36.4 Å². The normalized spacial score (nSPS) is 17.9. The number of aryl methyl sites for hydroxylation is 1. The van der Waals surface area contributed by atoms with Gasteiger partial charge < -0.3 is 19.4 Å². The molecule has 142 valence electrons. The van der Waals surface area contributed by atoms with Crippen molar-refractivity contribution in [3.05, 3.63) is 47.7 Å². The highest BCUT2D eigenvalue weighted by Gasteiger charge is 2.22. The highest BCUT2D eigenvalue weighted by atomic mass is 16.5. The van der Waals surface area contributed by atoms with Gasteiger partial charge in [0.05, 0.1) is 13.2 Å². The molecule has 0 N–H and O–H groups in total. The Balaban J connectivity index is 1.36. The van der Waals surface area contributed by atoms with Crippen LogP contribution in [-0.4, -0.2) is 73.5 Å². The van der Waals surface area contributed by atoms with Crippen molar-refractivity contribution < 1.29 is 9.53 Å². The Bertz CT molecular complexity index is 781. The maximum Gasteiger partial charge on any atom is 0.274 e. The van der Waals surface area contributed by atoms with E-state index in [0.717, 1.165) is 32.0 Å². The maximum absolute atomic E-state index is 12.5. The highest BCUT2D eigenvalue weighted by Crippen LogP contribution is 2.20. The number of carbonyl (C=O) groups is 1. The molecule has 1 aromatic heterocycles. The first-order chi connectivity index (χ1) is 13.2. The summed E-state index contributed by atoms with van der Waals surface area (Å²) in [5.74, 6) is 0.763. The fourth-order valence-corrected chi connectivity index (χ4v) is 3.55. The summed E-state index contributed by atoms with van der Waals surface area (Å²) in [4.78, 5) is 18.9. The third-order valence-corrected chi connectivity index (χ3v) is 5.14. The van der Waals surface area contributed by atoms with E-state index in [9.17, 15) is 4.79 Å². The number of anilines is 2. The zero-order valence-electron chi connectivity index (χ0n) is 15.7. The van der Waals surface area contributed by atoms with E-state index in [2.05, 4.69) is 51.2 Å². The third-order valence-electron chi connectivity index (χ3n) is 5.14. The summed E-state index contributed by atoms with van der Waals surface area (Å²) in [5, 5.41) is 8.49. The maximum atomic E-state index is 12.5. The van der Waals surface area contributed by atoms with Gasteiger partial charge in [-0.25, -0.2) is 0 Å².